The summed E-state index contributed by atoms with van der Waals surface area (Å²) in [5.41, 5.74) is 0.934. The molecule has 1 heterocycles. The van der Waals surface area contributed by atoms with Crippen LogP contribution in [0.2, 0.25) is 5.02 Å². The highest BCUT2D eigenvalue weighted by atomic mass is 79.9. The molecule has 0 spiro atoms. The molecule has 0 aromatic heterocycles. The molecule has 1 aromatic rings. The Morgan fingerprint density at radius 2 is 2.32 bits per heavy atom. The summed E-state index contributed by atoms with van der Waals surface area (Å²) in [5, 5.41) is 4.22. The van der Waals surface area contributed by atoms with Crippen molar-refractivity contribution in [3.8, 4) is 5.75 Å². The third-order valence-corrected chi connectivity index (χ3v) is 4.20. The van der Waals surface area contributed by atoms with Gasteiger partial charge >= 0.3 is 0 Å². The molecule has 0 aliphatic carbocycles. The summed E-state index contributed by atoms with van der Waals surface area (Å²) in [7, 11) is 1.66. The molecule has 2 rings (SSSR count). The van der Waals surface area contributed by atoms with Crippen LogP contribution in [0, 0.1) is 0 Å². The van der Waals surface area contributed by atoms with Gasteiger partial charge in [0.1, 0.15) is 0 Å². The number of anilines is 1. The summed E-state index contributed by atoms with van der Waals surface area (Å²) in [6.45, 7) is 2.96. The van der Waals surface area contributed by atoms with E-state index in [2.05, 4.69) is 28.2 Å². The van der Waals surface area contributed by atoms with Crippen LogP contribution in [0.15, 0.2) is 16.6 Å². The standard InChI is InChI=1S/C14H19BrClNO2/c1-3-11-8-10(4-5-19-11)17-13-7-9(16)6-12(15)14(13)18-2/h6-7,10-11,17H,3-5,8H2,1-2H3. The average molecular weight is 349 g/mol. The lowest BCUT2D eigenvalue weighted by molar-refractivity contribution is 0.00922. The Labute approximate surface area is 127 Å². The maximum absolute atomic E-state index is 6.10. The third-order valence-electron chi connectivity index (χ3n) is 3.39. The van der Waals surface area contributed by atoms with Crippen LogP contribution in [0.3, 0.4) is 0 Å². The molecule has 106 valence electrons. The maximum atomic E-state index is 6.10. The van der Waals surface area contributed by atoms with E-state index in [-0.39, 0.29) is 0 Å². The van der Waals surface area contributed by atoms with Gasteiger partial charge in [-0.25, -0.2) is 0 Å². The SMILES string of the molecule is CCC1CC(Nc2cc(Cl)cc(Br)c2OC)CCO1. The lowest BCUT2D eigenvalue weighted by Crippen LogP contribution is -2.33. The zero-order chi connectivity index (χ0) is 13.8. The van der Waals surface area contributed by atoms with Gasteiger partial charge in [-0.05, 0) is 47.3 Å². The highest BCUT2D eigenvalue weighted by Gasteiger charge is 2.22. The summed E-state index contributed by atoms with van der Waals surface area (Å²) in [5.74, 6) is 0.795. The lowest BCUT2D eigenvalue weighted by atomic mass is 10.0. The average Bonchev–Trinajstić information content (AvgIpc) is 2.38. The molecular formula is C14H19BrClNO2. The second-order valence-corrected chi connectivity index (χ2v) is 6.03. The molecule has 2 unspecified atom stereocenters. The Kier molecular flexibility index (Phi) is 5.37. The second kappa shape index (κ2) is 6.82. The largest absolute Gasteiger partial charge is 0.493 e. The van der Waals surface area contributed by atoms with Crippen molar-refractivity contribution in [3.05, 3.63) is 21.6 Å². The van der Waals surface area contributed by atoms with Crippen molar-refractivity contribution in [3.63, 3.8) is 0 Å². The Hall–Kier alpha value is -0.450. The van der Waals surface area contributed by atoms with Gasteiger partial charge in [-0.3, -0.25) is 0 Å². The van der Waals surface area contributed by atoms with Crippen molar-refractivity contribution < 1.29 is 9.47 Å². The van der Waals surface area contributed by atoms with Crippen LogP contribution < -0.4 is 10.1 Å². The Bertz CT molecular complexity index is 442. The molecule has 1 aliphatic rings. The van der Waals surface area contributed by atoms with Crippen molar-refractivity contribution in [2.75, 3.05) is 19.0 Å². The zero-order valence-corrected chi connectivity index (χ0v) is 13.6. The Morgan fingerprint density at radius 1 is 1.53 bits per heavy atom. The molecule has 0 saturated carbocycles. The maximum Gasteiger partial charge on any atom is 0.156 e. The summed E-state index contributed by atoms with van der Waals surface area (Å²) < 4.78 is 12.0. The van der Waals surface area contributed by atoms with Gasteiger partial charge in [0.15, 0.2) is 5.75 Å². The van der Waals surface area contributed by atoms with Crippen molar-refractivity contribution in [1.29, 1.82) is 0 Å². The first-order valence-electron chi connectivity index (χ1n) is 6.55. The van der Waals surface area contributed by atoms with Crippen LogP contribution in [0.25, 0.3) is 0 Å². The van der Waals surface area contributed by atoms with E-state index >= 15 is 0 Å². The molecule has 1 aromatic carbocycles. The minimum atomic E-state index is 0.347. The summed E-state index contributed by atoms with van der Waals surface area (Å²) in [4.78, 5) is 0. The second-order valence-electron chi connectivity index (χ2n) is 4.74. The van der Waals surface area contributed by atoms with E-state index in [0.29, 0.717) is 17.2 Å². The van der Waals surface area contributed by atoms with Gasteiger partial charge in [-0.15, -0.1) is 0 Å². The normalized spacial score (nSPS) is 23.2. The van der Waals surface area contributed by atoms with E-state index in [1.807, 2.05) is 12.1 Å². The van der Waals surface area contributed by atoms with Gasteiger partial charge in [0.25, 0.3) is 0 Å². The zero-order valence-electron chi connectivity index (χ0n) is 11.2. The molecule has 1 aliphatic heterocycles. The summed E-state index contributed by atoms with van der Waals surface area (Å²) in [6.07, 6.45) is 3.42. The topological polar surface area (TPSA) is 30.5 Å². The first kappa shape index (κ1) is 14.9. The van der Waals surface area contributed by atoms with E-state index in [9.17, 15) is 0 Å². The third kappa shape index (κ3) is 3.77. The van der Waals surface area contributed by atoms with Crippen molar-refractivity contribution >= 4 is 33.2 Å². The number of hydrogen-bond acceptors (Lipinski definition) is 3. The molecule has 1 saturated heterocycles. The smallest absolute Gasteiger partial charge is 0.156 e. The van der Waals surface area contributed by atoms with Gasteiger partial charge in [-0.2, -0.15) is 0 Å². The molecular weight excluding hydrogens is 330 g/mol. The minimum Gasteiger partial charge on any atom is -0.493 e. The number of benzene rings is 1. The first-order valence-corrected chi connectivity index (χ1v) is 7.72. The lowest BCUT2D eigenvalue weighted by Gasteiger charge is -2.30. The molecule has 5 heteroatoms. The van der Waals surface area contributed by atoms with Crippen LogP contribution in [0.1, 0.15) is 26.2 Å². The Balaban J connectivity index is 2.14. The number of methoxy groups -OCH3 is 1. The number of hydrogen-bond donors (Lipinski definition) is 1. The van der Waals surface area contributed by atoms with Gasteiger partial charge < -0.3 is 14.8 Å². The van der Waals surface area contributed by atoms with E-state index in [1.54, 1.807) is 7.11 Å². The van der Waals surface area contributed by atoms with Gasteiger partial charge in [0, 0.05) is 17.7 Å². The van der Waals surface area contributed by atoms with Crippen LogP contribution in [-0.2, 0) is 4.74 Å². The first-order chi connectivity index (χ1) is 9.13. The fourth-order valence-electron chi connectivity index (χ4n) is 2.39. The van der Waals surface area contributed by atoms with E-state index in [4.69, 9.17) is 21.1 Å². The quantitative estimate of drug-likeness (QED) is 0.870. The van der Waals surface area contributed by atoms with Crippen LogP contribution >= 0.6 is 27.5 Å². The molecule has 0 amide bonds. The minimum absolute atomic E-state index is 0.347. The monoisotopic (exact) mass is 347 g/mol. The van der Waals surface area contributed by atoms with E-state index in [1.165, 1.54) is 0 Å². The highest BCUT2D eigenvalue weighted by molar-refractivity contribution is 9.10. The Morgan fingerprint density at radius 3 is 3.00 bits per heavy atom. The van der Waals surface area contributed by atoms with E-state index < -0.39 is 0 Å². The van der Waals surface area contributed by atoms with Crippen LogP contribution in [-0.4, -0.2) is 25.9 Å². The molecule has 1 N–H and O–H groups in total. The predicted octanol–water partition coefficient (Wildman–Crippen LogP) is 4.48. The predicted molar refractivity (Wildman–Crippen MR) is 82.4 cm³/mol. The number of rotatable bonds is 4. The van der Waals surface area contributed by atoms with Gasteiger partial charge in [0.05, 0.1) is 23.4 Å². The molecule has 19 heavy (non-hydrogen) atoms. The van der Waals surface area contributed by atoms with Crippen LogP contribution in [0.4, 0.5) is 5.69 Å². The number of nitrogens with one attached hydrogen (secondary N) is 1. The highest BCUT2D eigenvalue weighted by Crippen LogP contribution is 2.37. The molecule has 1 fully saturated rings. The number of ether oxygens (including phenoxy) is 2. The number of halogens is 2. The summed E-state index contributed by atoms with van der Waals surface area (Å²) in [6, 6.07) is 4.14. The fraction of sp³-hybridized carbons (Fsp3) is 0.571. The fourth-order valence-corrected chi connectivity index (χ4v) is 3.36. The van der Waals surface area contributed by atoms with Crippen molar-refractivity contribution in [2.45, 2.75) is 38.3 Å². The molecule has 3 nitrogen and oxygen atoms in total. The molecule has 0 bridgehead atoms. The van der Waals surface area contributed by atoms with Crippen molar-refractivity contribution in [2.24, 2.45) is 0 Å². The van der Waals surface area contributed by atoms with Gasteiger partial charge in [0.2, 0.25) is 0 Å². The van der Waals surface area contributed by atoms with E-state index in [0.717, 1.165) is 41.8 Å². The van der Waals surface area contributed by atoms with Crippen molar-refractivity contribution in [1.82, 2.24) is 0 Å². The van der Waals surface area contributed by atoms with Gasteiger partial charge in [-0.1, -0.05) is 18.5 Å². The van der Waals surface area contributed by atoms with Crippen LogP contribution in [0.5, 0.6) is 5.75 Å². The molecule has 0 radical (unpaired) electrons. The molecule has 2 atom stereocenters. The summed E-state index contributed by atoms with van der Waals surface area (Å²) >= 11 is 9.58.